The number of carbonyl (C=O) groups excluding carboxylic acids is 2. The second-order valence-electron chi connectivity index (χ2n) is 4.40. The predicted octanol–water partition coefficient (Wildman–Crippen LogP) is 3.29. The van der Waals surface area contributed by atoms with Crippen LogP contribution in [0.1, 0.15) is 5.56 Å². The number of carbonyl (C=O) groups is 2. The van der Waals surface area contributed by atoms with Crippen LogP contribution in [0.2, 0.25) is 0 Å². The molecule has 0 aromatic heterocycles. The summed E-state index contributed by atoms with van der Waals surface area (Å²) in [5.41, 5.74) is 0.839. The molecule has 126 valence electrons. The summed E-state index contributed by atoms with van der Waals surface area (Å²) in [5, 5.41) is 0. The molecule has 8 heteroatoms. The van der Waals surface area contributed by atoms with Crippen molar-refractivity contribution in [2.45, 2.75) is 0 Å². The summed E-state index contributed by atoms with van der Waals surface area (Å²) in [4.78, 5) is 24.6. The Labute approximate surface area is 153 Å². The third-order valence-corrected chi connectivity index (χ3v) is 5.75. The van der Waals surface area contributed by atoms with E-state index in [1.54, 1.807) is 13.2 Å². The van der Waals surface area contributed by atoms with E-state index in [9.17, 15) is 9.59 Å². The van der Waals surface area contributed by atoms with Crippen LogP contribution in [0.5, 0.6) is 5.75 Å². The van der Waals surface area contributed by atoms with Gasteiger partial charge < -0.3 is 14.2 Å². The molecule has 0 N–H and O–H groups in total. The molecule has 2 rings (SSSR count). The minimum atomic E-state index is -0.577. The first-order valence-electron chi connectivity index (χ1n) is 6.66. The molecule has 0 fully saturated rings. The van der Waals surface area contributed by atoms with Gasteiger partial charge in [-0.1, -0.05) is 35.7 Å². The van der Waals surface area contributed by atoms with Crippen LogP contribution in [0.15, 0.2) is 44.4 Å². The highest BCUT2D eigenvalue weighted by molar-refractivity contribution is 8.29. The lowest BCUT2D eigenvalue weighted by Gasteiger charge is -2.03. The van der Waals surface area contributed by atoms with Crippen LogP contribution in [0.3, 0.4) is 0 Å². The molecule has 0 saturated heterocycles. The molecule has 0 amide bonds. The molecule has 24 heavy (non-hydrogen) atoms. The first-order valence-corrected chi connectivity index (χ1v) is 8.71. The highest BCUT2D eigenvalue weighted by atomic mass is 32.2. The van der Waals surface area contributed by atoms with Crippen molar-refractivity contribution >= 4 is 52.5 Å². The van der Waals surface area contributed by atoms with Gasteiger partial charge in [-0.05, 0) is 35.9 Å². The molecule has 1 aromatic rings. The van der Waals surface area contributed by atoms with Crippen LogP contribution in [0.4, 0.5) is 0 Å². The number of thioether (sulfide) groups is 2. The summed E-state index contributed by atoms with van der Waals surface area (Å²) in [6.07, 6.45) is 1.74. The minimum Gasteiger partial charge on any atom is -0.497 e. The highest BCUT2D eigenvalue weighted by Crippen LogP contribution is 2.50. The van der Waals surface area contributed by atoms with Gasteiger partial charge in [0.05, 0.1) is 25.6 Å². The standard InChI is InChI=1S/C16H14O5S3/c1-19-10-6-4-9(5-7-10)11(22)8-12-23-13(15(17)20-2)14(24-12)16(18)21-3/h4-8H,1-3H3. The fraction of sp³-hybridized carbons (Fsp3) is 0.188. The van der Waals surface area contributed by atoms with Crippen LogP contribution >= 0.6 is 35.7 Å². The second kappa shape index (κ2) is 8.36. The van der Waals surface area contributed by atoms with Crippen molar-refractivity contribution in [1.82, 2.24) is 0 Å². The van der Waals surface area contributed by atoms with E-state index in [1.807, 2.05) is 24.3 Å². The Morgan fingerprint density at radius 3 is 1.88 bits per heavy atom. The Morgan fingerprint density at radius 2 is 1.46 bits per heavy atom. The van der Waals surface area contributed by atoms with Crippen LogP contribution in [-0.4, -0.2) is 38.1 Å². The Hall–Kier alpha value is -1.77. The van der Waals surface area contributed by atoms with Crippen molar-refractivity contribution in [3.05, 3.63) is 50.0 Å². The summed E-state index contributed by atoms with van der Waals surface area (Å²) < 4.78 is 15.2. The normalized spacial score (nSPS) is 13.5. The first kappa shape index (κ1) is 18.6. The molecular formula is C16H14O5S3. The summed E-state index contributed by atoms with van der Waals surface area (Å²) in [7, 11) is 4.12. The quantitative estimate of drug-likeness (QED) is 0.333. The largest absolute Gasteiger partial charge is 0.497 e. The Kier molecular flexibility index (Phi) is 6.47. The Morgan fingerprint density at radius 1 is 0.958 bits per heavy atom. The summed E-state index contributed by atoms with van der Waals surface area (Å²) >= 11 is 7.69. The zero-order valence-corrected chi connectivity index (χ0v) is 15.6. The zero-order valence-electron chi connectivity index (χ0n) is 13.2. The number of esters is 2. The van der Waals surface area contributed by atoms with Crippen LogP contribution in [0, 0.1) is 0 Å². The average molecular weight is 382 g/mol. The number of benzene rings is 1. The van der Waals surface area contributed by atoms with Crippen LogP contribution in [-0.2, 0) is 19.1 Å². The fourth-order valence-electron chi connectivity index (χ4n) is 1.77. The van der Waals surface area contributed by atoms with Gasteiger partial charge in [-0.2, -0.15) is 0 Å². The molecule has 5 nitrogen and oxygen atoms in total. The second-order valence-corrected chi connectivity index (χ2v) is 7.20. The molecule has 1 aliphatic heterocycles. The molecule has 0 aliphatic carbocycles. The predicted molar refractivity (Wildman–Crippen MR) is 99.0 cm³/mol. The van der Waals surface area contributed by atoms with Crippen molar-refractivity contribution < 1.29 is 23.8 Å². The van der Waals surface area contributed by atoms with Crippen molar-refractivity contribution in [3.63, 3.8) is 0 Å². The average Bonchev–Trinajstić information content (AvgIpc) is 3.04. The topological polar surface area (TPSA) is 61.8 Å². The van der Waals surface area contributed by atoms with Gasteiger partial charge in [-0.25, -0.2) is 9.59 Å². The number of hydrogen-bond donors (Lipinski definition) is 0. The lowest BCUT2D eigenvalue weighted by atomic mass is 10.1. The van der Waals surface area contributed by atoms with Crippen molar-refractivity contribution in [3.8, 4) is 5.75 Å². The third kappa shape index (κ3) is 4.19. The third-order valence-electron chi connectivity index (χ3n) is 2.98. The van der Waals surface area contributed by atoms with Gasteiger partial charge >= 0.3 is 11.9 Å². The molecular weight excluding hydrogens is 368 g/mol. The number of methoxy groups -OCH3 is 3. The van der Waals surface area contributed by atoms with E-state index in [4.69, 9.17) is 26.4 Å². The molecule has 0 atom stereocenters. The maximum absolute atomic E-state index is 11.8. The maximum Gasteiger partial charge on any atom is 0.346 e. The molecule has 0 spiro atoms. The van der Waals surface area contributed by atoms with Crippen molar-refractivity contribution in [2.24, 2.45) is 0 Å². The van der Waals surface area contributed by atoms with Crippen molar-refractivity contribution in [1.29, 1.82) is 0 Å². The van der Waals surface area contributed by atoms with Crippen molar-refractivity contribution in [2.75, 3.05) is 21.3 Å². The number of rotatable bonds is 5. The molecule has 0 bridgehead atoms. The van der Waals surface area contributed by atoms with Crippen LogP contribution in [0.25, 0.3) is 0 Å². The Bertz CT molecular complexity index is 705. The highest BCUT2D eigenvalue weighted by Gasteiger charge is 2.32. The number of ether oxygens (including phenoxy) is 3. The molecule has 1 aromatic carbocycles. The van der Waals surface area contributed by atoms with E-state index in [0.29, 0.717) is 9.10 Å². The summed E-state index contributed by atoms with van der Waals surface area (Å²) in [6, 6.07) is 7.32. The van der Waals surface area contributed by atoms with E-state index in [1.165, 1.54) is 14.2 Å². The number of hydrogen-bond acceptors (Lipinski definition) is 8. The summed E-state index contributed by atoms with van der Waals surface area (Å²) in [6.45, 7) is 0. The first-order chi connectivity index (χ1) is 11.5. The molecule has 1 aliphatic rings. The maximum atomic E-state index is 11.8. The molecule has 0 saturated carbocycles. The lowest BCUT2D eigenvalue weighted by Crippen LogP contribution is -2.08. The van der Waals surface area contributed by atoms with Gasteiger partial charge in [0.25, 0.3) is 0 Å². The number of allylic oxidation sites excluding steroid dienone is 1. The zero-order chi connectivity index (χ0) is 17.7. The van der Waals surface area contributed by atoms with E-state index < -0.39 is 11.9 Å². The van der Waals surface area contributed by atoms with E-state index in [0.717, 1.165) is 34.8 Å². The Balaban J connectivity index is 2.21. The van der Waals surface area contributed by atoms with E-state index >= 15 is 0 Å². The van der Waals surface area contributed by atoms with E-state index in [2.05, 4.69) is 0 Å². The van der Waals surface area contributed by atoms with Gasteiger partial charge in [0.1, 0.15) is 15.6 Å². The van der Waals surface area contributed by atoms with E-state index in [-0.39, 0.29) is 9.81 Å². The number of thiocarbonyl (C=S) groups is 1. The van der Waals surface area contributed by atoms with Gasteiger partial charge in [0.2, 0.25) is 0 Å². The lowest BCUT2D eigenvalue weighted by molar-refractivity contribution is -0.138. The van der Waals surface area contributed by atoms with Gasteiger partial charge in [-0.3, -0.25) is 0 Å². The summed E-state index contributed by atoms with van der Waals surface area (Å²) in [5.74, 6) is -0.417. The van der Waals surface area contributed by atoms with Crippen LogP contribution < -0.4 is 4.74 Å². The smallest absolute Gasteiger partial charge is 0.346 e. The van der Waals surface area contributed by atoms with Gasteiger partial charge in [0.15, 0.2) is 0 Å². The monoisotopic (exact) mass is 382 g/mol. The molecule has 1 heterocycles. The van der Waals surface area contributed by atoms with Gasteiger partial charge in [0, 0.05) is 4.86 Å². The minimum absolute atomic E-state index is 0.207. The SMILES string of the molecule is COC(=O)C1=C(C(=O)OC)SC(=CC(=S)c2ccc(OC)cc2)S1. The molecule has 0 unspecified atom stereocenters. The fourth-order valence-corrected chi connectivity index (χ4v) is 4.53. The van der Waals surface area contributed by atoms with Gasteiger partial charge in [-0.15, -0.1) is 0 Å². The molecule has 0 radical (unpaired) electrons.